The highest BCUT2D eigenvalue weighted by molar-refractivity contribution is 9.10. The minimum absolute atomic E-state index is 0.141. The number of hydrogen-bond acceptors (Lipinski definition) is 6. The first-order valence-electron chi connectivity index (χ1n) is 12.4. The second kappa shape index (κ2) is 11.0. The summed E-state index contributed by atoms with van der Waals surface area (Å²) in [6.45, 7) is 1.80. The molecule has 3 aliphatic heterocycles. The van der Waals surface area contributed by atoms with Gasteiger partial charge in [0.2, 0.25) is 5.91 Å². The molecule has 0 radical (unpaired) electrons. The maximum atomic E-state index is 14.1. The molecule has 3 aliphatic rings. The Labute approximate surface area is 217 Å². The predicted octanol–water partition coefficient (Wildman–Crippen LogP) is 3.97. The molecule has 3 saturated heterocycles. The number of nitro benzene ring substituents is 1. The molecule has 198 valence electrons. The Kier molecular flexibility index (Phi) is 8.13. The van der Waals surface area contributed by atoms with E-state index in [0.717, 1.165) is 19.3 Å². The smallest absolute Gasteiger partial charge is 0.294 e. The van der Waals surface area contributed by atoms with Crippen molar-refractivity contribution in [3.8, 4) is 0 Å². The Morgan fingerprint density at radius 1 is 1.11 bits per heavy atom. The number of amides is 2. The summed E-state index contributed by atoms with van der Waals surface area (Å²) in [5, 5.41) is 15.1. The summed E-state index contributed by atoms with van der Waals surface area (Å²) in [4.78, 5) is 42.7. The molecule has 1 unspecified atom stereocenters. The van der Waals surface area contributed by atoms with Crippen molar-refractivity contribution in [1.82, 2.24) is 14.7 Å². The normalized spacial score (nSPS) is 24.9. The van der Waals surface area contributed by atoms with Crippen molar-refractivity contribution in [2.24, 2.45) is 5.92 Å². The zero-order chi connectivity index (χ0) is 26.0. The molecule has 1 N–H and O–H groups in total. The predicted molar refractivity (Wildman–Crippen MR) is 134 cm³/mol. The van der Waals surface area contributed by atoms with Crippen molar-refractivity contribution < 1.29 is 23.3 Å². The molecule has 0 bridgehead atoms. The van der Waals surface area contributed by atoms with Gasteiger partial charge in [-0.05, 0) is 45.2 Å². The number of carbonyl (C=O) groups excluding carboxylic acids is 2. The van der Waals surface area contributed by atoms with E-state index in [1.807, 2.05) is 0 Å². The number of nitrogens with one attached hydrogen (secondary N) is 1. The largest absolute Gasteiger partial charge is 0.374 e. The van der Waals surface area contributed by atoms with Crippen LogP contribution in [0.4, 0.5) is 20.2 Å². The molecule has 12 heteroatoms. The monoisotopic (exact) mass is 571 g/mol. The molecule has 3 fully saturated rings. The third kappa shape index (κ3) is 6.13. The van der Waals surface area contributed by atoms with Crippen LogP contribution >= 0.6 is 15.9 Å². The van der Waals surface area contributed by atoms with E-state index in [9.17, 15) is 28.5 Å². The number of alkyl halides is 2. The van der Waals surface area contributed by atoms with E-state index in [1.165, 1.54) is 11.0 Å². The van der Waals surface area contributed by atoms with Crippen LogP contribution in [0, 0.1) is 16.0 Å². The molecule has 9 nitrogen and oxygen atoms in total. The molecule has 0 saturated carbocycles. The van der Waals surface area contributed by atoms with Gasteiger partial charge in [0.15, 0.2) is 0 Å². The Hall–Kier alpha value is -2.34. The quantitative estimate of drug-likeness (QED) is 0.424. The SMILES string of the molecule is CN1CC(C(=O)N2CCC[C@@H](Nc3c(C(=O)N4CCCCC4)cc(Br)cc3[N+](=O)[O-])C2)CC(F)(F)C1. The maximum absolute atomic E-state index is 14.1. The average Bonchev–Trinajstić information content (AvgIpc) is 2.83. The van der Waals surface area contributed by atoms with Gasteiger partial charge in [-0.15, -0.1) is 0 Å². The van der Waals surface area contributed by atoms with Crippen molar-refractivity contribution in [2.45, 2.75) is 50.5 Å². The molecule has 2 amide bonds. The molecule has 0 aliphatic carbocycles. The van der Waals surface area contributed by atoms with E-state index in [4.69, 9.17) is 0 Å². The summed E-state index contributed by atoms with van der Waals surface area (Å²) in [7, 11) is 1.58. The molecule has 3 heterocycles. The first-order chi connectivity index (χ1) is 17.0. The summed E-state index contributed by atoms with van der Waals surface area (Å²) in [6.07, 6.45) is 3.61. The van der Waals surface area contributed by atoms with Gasteiger partial charge in [-0.2, -0.15) is 0 Å². The lowest BCUT2D eigenvalue weighted by Crippen LogP contribution is -2.53. The number of hydrogen-bond donors (Lipinski definition) is 1. The highest BCUT2D eigenvalue weighted by Gasteiger charge is 2.43. The molecule has 1 aromatic rings. The van der Waals surface area contributed by atoms with Crippen LogP contribution in [0.3, 0.4) is 0 Å². The second-order valence-electron chi connectivity index (χ2n) is 10.2. The summed E-state index contributed by atoms with van der Waals surface area (Å²) in [6, 6.07) is 2.61. The molecule has 0 spiro atoms. The lowest BCUT2D eigenvalue weighted by molar-refractivity contribution is -0.384. The van der Waals surface area contributed by atoms with Crippen molar-refractivity contribution in [1.29, 1.82) is 0 Å². The van der Waals surface area contributed by atoms with E-state index in [-0.39, 0.29) is 54.4 Å². The molecular weight excluding hydrogens is 540 g/mol. The zero-order valence-corrected chi connectivity index (χ0v) is 21.9. The molecule has 36 heavy (non-hydrogen) atoms. The number of carbonyl (C=O) groups is 2. The lowest BCUT2D eigenvalue weighted by Gasteiger charge is -2.40. The number of rotatable bonds is 5. The van der Waals surface area contributed by atoms with Crippen LogP contribution in [-0.4, -0.2) is 89.7 Å². The summed E-state index contributed by atoms with van der Waals surface area (Å²) >= 11 is 3.30. The van der Waals surface area contributed by atoms with Gasteiger partial charge in [-0.25, -0.2) is 8.78 Å². The van der Waals surface area contributed by atoms with E-state index in [0.29, 0.717) is 36.9 Å². The van der Waals surface area contributed by atoms with Crippen LogP contribution in [0.25, 0.3) is 0 Å². The molecule has 0 aromatic heterocycles. The number of likely N-dealkylation sites (tertiary alicyclic amines) is 3. The maximum Gasteiger partial charge on any atom is 0.294 e. The van der Waals surface area contributed by atoms with Gasteiger partial charge < -0.3 is 15.1 Å². The van der Waals surface area contributed by atoms with Crippen LogP contribution in [0.15, 0.2) is 16.6 Å². The number of nitrogens with zero attached hydrogens (tertiary/aromatic N) is 4. The molecule has 2 atom stereocenters. The summed E-state index contributed by atoms with van der Waals surface area (Å²) in [5.74, 6) is -4.29. The van der Waals surface area contributed by atoms with Crippen molar-refractivity contribution in [3.63, 3.8) is 0 Å². The van der Waals surface area contributed by atoms with Crippen LogP contribution in [0.5, 0.6) is 0 Å². The zero-order valence-electron chi connectivity index (χ0n) is 20.4. The lowest BCUT2D eigenvalue weighted by atomic mass is 9.93. The first kappa shape index (κ1) is 26.7. The van der Waals surface area contributed by atoms with Gasteiger partial charge in [-0.3, -0.25) is 24.6 Å². The number of nitro groups is 1. The third-order valence-corrected chi connectivity index (χ3v) is 7.62. The first-order valence-corrected chi connectivity index (χ1v) is 13.2. The Morgan fingerprint density at radius 3 is 2.47 bits per heavy atom. The van der Waals surface area contributed by atoms with E-state index in [2.05, 4.69) is 21.2 Å². The van der Waals surface area contributed by atoms with Crippen LogP contribution in [0.1, 0.15) is 48.9 Å². The fourth-order valence-electron chi connectivity index (χ4n) is 5.57. The molecule has 1 aromatic carbocycles. The van der Waals surface area contributed by atoms with E-state index >= 15 is 0 Å². The Morgan fingerprint density at radius 2 is 1.81 bits per heavy atom. The number of piperidine rings is 3. The van der Waals surface area contributed by atoms with Crippen molar-refractivity contribution in [2.75, 3.05) is 51.6 Å². The van der Waals surface area contributed by atoms with Crippen molar-refractivity contribution >= 4 is 39.1 Å². The molecule has 4 rings (SSSR count). The third-order valence-electron chi connectivity index (χ3n) is 7.16. The van der Waals surface area contributed by atoms with Gasteiger partial charge in [0, 0.05) is 55.7 Å². The Balaban J connectivity index is 1.55. The minimum Gasteiger partial charge on any atom is -0.374 e. The van der Waals surface area contributed by atoms with E-state index < -0.39 is 23.2 Å². The van der Waals surface area contributed by atoms with Crippen LogP contribution in [0.2, 0.25) is 0 Å². The average molecular weight is 572 g/mol. The second-order valence-corrected chi connectivity index (χ2v) is 11.1. The summed E-state index contributed by atoms with van der Waals surface area (Å²) in [5.41, 5.74) is 0.138. The molecular formula is C24H32BrF2N5O4. The van der Waals surface area contributed by atoms with Gasteiger partial charge in [0.05, 0.1) is 22.9 Å². The van der Waals surface area contributed by atoms with Gasteiger partial charge >= 0.3 is 0 Å². The number of benzene rings is 1. The highest BCUT2D eigenvalue weighted by atomic mass is 79.9. The van der Waals surface area contributed by atoms with Gasteiger partial charge in [0.25, 0.3) is 17.5 Å². The topological polar surface area (TPSA) is 99.0 Å². The van der Waals surface area contributed by atoms with Crippen LogP contribution < -0.4 is 5.32 Å². The van der Waals surface area contributed by atoms with Crippen molar-refractivity contribution in [3.05, 3.63) is 32.3 Å². The highest BCUT2D eigenvalue weighted by Crippen LogP contribution is 2.36. The Bertz CT molecular complexity index is 1020. The number of halogens is 3. The van der Waals surface area contributed by atoms with Gasteiger partial charge in [-0.1, -0.05) is 15.9 Å². The fraction of sp³-hybridized carbons (Fsp3) is 0.667. The number of anilines is 1. The van der Waals surface area contributed by atoms with Crippen LogP contribution in [-0.2, 0) is 4.79 Å². The fourth-order valence-corrected chi connectivity index (χ4v) is 6.02. The van der Waals surface area contributed by atoms with Gasteiger partial charge in [0.1, 0.15) is 5.69 Å². The van der Waals surface area contributed by atoms with E-state index in [1.54, 1.807) is 22.9 Å². The standard InChI is InChI=1S/C24H32BrF2N5O4/c1-29-13-16(12-24(26,27)15-29)22(33)31-9-5-6-18(14-31)28-21-19(10-17(25)11-20(21)32(35)36)23(34)30-7-3-2-4-8-30/h10-11,16,18,28H,2-9,12-15H2,1H3/t16?,18-/m1/s1. The summed E-state index contributed by atoms with van der Waals surface area (Å²) < 4.78 is 28.6. The minimum atomic E-state index is -2.91.